The Labute approximate surface area is 193 Å². The number of carboxylic acid groups (broad SMARTS) is 1. The first kappa shape index (κ1) is 22.8. The molecule has 0 spiro atoms. The summed E-state index contributed by atoms with van der Waals surface area (Å²) in [6, 6.07) is 15.5. The summed E-state index contributed by atoms with van der Waals surface area (Å²) in [7, 11) is 1.52. The van der Waals surface area contributed by atoms with Gasteiger partial charge < -0.3 is 20.1 Å². The van der Waals surface area contributed by atoms with Crippen LogP contribution in [0.3, 0.4) is 0 Å². The minimum atomic E-state index is -1.02. The van der Waals surface area contributed by atoms with Crippen molar-refractivity contribution in [2.75, 3.05) is 13.7 Å². The quantitative estimate of drug-likeness (QED) is 0.664. The molecule has 0 aliphatic heterocycles. The van der Waals surface area contributed by atoms with Crippen molar-refractivity contribution in [2.24, 2.45) is 5.92 Å². The second-order valence-corrected chi connectivity index (χ2v) is 9.07. The second kappa shape index (κ2) is 9.65. The molecular formula is C26H30N2O5. The zero-order valence-corrected chi connectivity index (χ0v) is 19.0. The van der Waals surface area contributed by atoms with E-state index in [0.717, 1.165) is 12.8 Å². The highest BCUT2D eigenvalue weighted by molar-refractivity contribution is 5.83. The zero-order valence-electron chi connectivity index (χ0n) is 19.0. The molecule has 0 aromatic heterocycles. The summed E-state index contributed by atoms with van der Waals surface area (Å²) in [5.41, 5.74) is 4.72. The summed E-state index contributed by atoms with van der Waals surface area (Å²) in [4.78, 5) is 37.2. The van der Waals surface area contributed by atoms with E-state index in [1.54, 1.807) is 0 Å². The lowest BCUT2D eigenvalue weighted by Gasteiger charge is -2.23. The number of hydrogen-bond acceptors (Lipinski definition) is 4. The van der Waals surface area contributed by atoms with E-state index in [0.29, 0.717) is 6.42 Å². The van der Waals surface area contributed by atoms with Gasteiger partial charge in [-0.1, -0.05) is 48.5 Å². The summed E-state index contributed by atoms with van der Waals surface area (Å²) in [6.07, 6.45) is 2.13. The Morgan fingerprint density at radius 1 is 1.06 bits per heavy atom. The van der Waals surface area contributed by atoms with Gasteiger partial charge in [0.25, 0.3) is 0 Å². The normalized spacial score (nSPS) is 19.9. The number of carbonyl (C=O) groups is 3. The lowest BCUT2D eigenvalue weighted by Crippen LogP contribution is -2.41. The molecule has 3 unspecified atom stereocenters. The van der Waals surface area contributed by atoms with Crippen LogP contribution in [0, 0.1) is 5.92 Å². The van der Waals surface area contributed by atoms with E-state index >= 15 is 0 Å². The molecule has 2 aliphatic rings. The van der Waals surface area contributed by atoms with E-state index in [2.05, 4.69) is 29.6 Å². The van der Waals surface area contributed by atoms with Gasteiger partial charge in [0.2, 0.25) is 5.91 Å². The standard InChI is InChI=1S/C26H30N2O5/c1-16(25(30)31)28(2)24(29)14-17-11-12-18(13-17)27-26(32)33-15-23-21-9-5-3-7-19(21)20-8-4-6-10-22(20)23/h3-10,16-18,23H,11-15H2,1-2H3,(H,27,32)(H,30,31). The zero-order chi connectivity index (χ0) is 23.5. The minimum Gasteiger partial charge on any atom is -0.480 e. The maximum Gasteiger partial charge on any atom is 0.407 e. The van der Waals surface area contributed by atoms with Crippen molar-refractivity contribution in [2.45, 2.75) is 50.6 Å². The highest BCUT2D eigenvalue weighted by Gasteiger charge is 2.32. The molecular weight excluding hydrogens is 420 g/mol. The number of carbonyl (C=O) groups excluding carboxylic acids is 2. The van der Waals surface area contributed by atoms with E-state index in [1.807, 2.05) is 24.3 Å². The van der Waals surface area contributed by atoms with Gasteiger partial charge in [-0.3, -0.25) is 4.79 Å². The number of aliphatic carboxylic acids is 1. The van der Waals surface area contributed by atoms with Gasteiger partial charge in [0.1, 0.15) is 12.6 Å². The van der Waals surface area contributed by atoms with Gasteiger partial charge in [0.15, 0.2) is 0 Å². The molecule has 4 rings (SSSR count). The van der Waals surface area contributed by atoms with Gasteiger partial charge >= 0.3 is 12.1 Å². The van der Waals surface area contributed by atoms with E-state index in [-0.39, 0.29) is 36.8 Å². The fourth-order valence-electron chi connectivity index (χ4n) is 4.97. The average molecular weight is 451 g/mol. The van der Waals surface area contributed by atoms with Crippen molar-refractivity contribution in [3.8, 4) is 11.1 Å². The Balaban J connectivity index is 1.28. The molecule has 3 atom stereocenters. The summed E-state index contributed by atoms with van der Waals surface area (Å²) in [5, 5.41) is 12.0. The number of ether oxygens (including phenoxy) is 1. The first-order valence-corrected chi connectivity index (χ1v) is 11.4. The van der Waals surface area contributed by atoms with Crippen molar-refractivity contribution in [1.29, 1.82) is 0 Å². The van der Waals surface area contributed by atoms with E-state index in [9.17, 15) is 14.4 Å². The first-order chi connectivity index (χ1) is 15.8. The predicted octanol–water partition coefficient (Wildman–Crippen LogP) is 4.02. The molecule has 1 saturated carbocycles. The molecule has 2 aliphatic carbocycles. The lowest BCUT2D eigenvalue weighted by molar-refractivity contribution is -0.148. The maximum absolute atomic E-state index is 12.5. The van der Waals surface area contributed by atoms with Crippen molar-refractivity contribution < 1.29 is 24.2 Å². The molecule has 33 heavy (non-hydrogen) atoms. The van der Waals surface area contributed by atoms with Crippen LogP contribution in [0.2, 0.25) is 0 Å². The van der Waals surface area contributed by atoms with Gasteiger partial charge in [-0.25, -0.2) is 9.59 Å². The molecule has 2 amide bonds. The highest BCUT2D eigenvalue weighted by Crippen LogP contribution is 2.44. The Bertz CT molecular complexity index is 1010. The molecule has 7 heteroatoms. The number of carboxylic acids is 1. The van der Waals surface area contributed by atoms with Crippen molar-refractivity contribution in [3.63, 3.8) is 0 Å². The molecule has 7 nitrogen and oxygen atoms in total. The molecule has 0 heterocycles. The Morgan fingerprint density at radius 2 is 1.67 bits per heavy atom. The van der Waals surface area contributed by atoms with Crippen LogP contribution in [0.15, 0.2) is 48.5 Å². The first-order valence-electron chi connectivity index (χ1n) is 11.4. The topological polar surface area (TPSA) is 95.9 Å². The fourth-order valence-corrected chi connectivity index (χ4v) is 4.97. The van der Waals surface area contributed by atoms with Gasteiger partial charge in [-0.05, 0) is 54.4 Å². The Morgan fingerprint density at radius 3 is 2.27 bits per heavy atom. The minimum absolute atomic E-state index is 0.0175. The van der Waals surface area contributed by atoms with Crippen molar-refractivity contribution in [3.05, 3.63) is 59.7 Å². The summed E-state index contributed by atoms with van der Waals surface area (Å²) in [5.74, 6) is -1.06. The summed E-state index contributed by atoms with van der Waals surface area (Å²) >= 11 is 0. The maximum atomic E-state index is 12.5. The third-order valence-corrected chi connectivity index (χ3v) is 7.00. The van der Waals surface area contributed by atoms with E-state index in [4.69, 9.17) is 9.84 Å². The van der Waals surface area contributed by atoms with Crippen LogP contribution >= 0.6 is 0 Å². The van der Waals surface area contributed by atoms with Crippen LogP contribution in [0.4, 0.5) is 4.79 Å². The van der Waals surface area contributed by atoms with Crippen LogP contribution in [0.25, 0.3) is 11.1 Å². The van der Waals surface area contributed by atoms with Crippen molar-refractivity contribution >= 4 is 18.0 Å². The van der Waals surface area contributed by atoms with Crippen LogP contribution < -0.4 is 5.32 Å². The number of rotatable bonds is 7. The largest absolute Gasteiger partial charge is 0.480 e. The monoisotopic (exact) mass is 450 g/mol. The third-order valence-electron chi connectivity index (χ3n) is 7.00. The SMILES string of the molecule is CC(C(=O)O)N(C)C(=O)CC1CCC(NC(=O)OCC2c3ccccc3-c3ccccc32)C1. The second-order valence-electron chi connectivity index (χ2n) is 9.07. The molecule has 0 bridgehead atoms. The summed E-state index contributed by atoms with van der Waals surface area (Å²) in [6.45, 7) is 1.77. The van der Waals surface area contributed by atoms with Crippen LogP contribution in [0.1, 0.15) is 49.7 Å². The smallest absolute Gasteiger partial charge is 0.407 e. The van der Waals surface area contributed by atoms with Gasteiger partial charge in [0, 0.05) is 25.4 Å². The summed E-state index contributed by atoms with van der Waals surface area (Å²) < 4.78 is 5.62. The number of likely N-dealkylation sites (N-methyl/N-ethyl adjacent to an activating group) is 1. The van der Waals surface area contributed by atoms with Crippen molar-refractivity contribution in [1.82, 2.24) is 10.2 Å². The van der Waals surface area contributed by atoms with Crippen LogP contribution in [-0.2, 0) is 14.3 Å². The van der Waals surface area contributed by atoms with Crippen LogP contribution in [0.5, 0.6) is 0 Å². The highest BCUT2D eigenvalue weighted by atomic mass is 16.5. The van der Waals surface area contributed by atoms with Gasteiger partial charge in [-0.15, -0.1) is 0 Å². The fraction of sp³-hybridized carbons (Fsp3) is 0.423. The van der Waals surface area contributed by atoms with Gasteiger partial charge in [-0.2, -0.15) is 0 Å². The molecule has 2 aromatic carbocycles. The number of fused-ring (bicyclic) bond motifs is 3. The molecule has 1 fully saturated rings. The molecule has 2 N–H and O–H groups in total. The predicted molar refractivity (Wildman–Crippen MR) is 124 cm³/mol. The molecule has 0 radical (unpaired) electrons. The number of nitrogens with one attached hydrogen (secondary N) is 1. The molecule has 2 aromatic rings. The lowest BCUT2D eigenvalue weighted by atomic mass is 9.98. The number of alkyl carbamates (subject to hydrolysis) is 1. The average Bonchev–Trinajstić information content (AvgIpc) is 3.38. The van der Waals surface area contributed by atoms with E-state index in [1.165, 1.54) is 41.1 Å². The number of amides is 2. The van der Waals surface area contributed by atoms with E-state index < -0.39 is 18.1 Å². The molecule has 174 valence electrons. The number of nitrogens with zero attached hydrogens (tertiary/aromatic N) is 1. The number of benzene rings is 2. The third kappa shape index (κ3) is 4.87. The van der Waals surface area contributed by atoms with Gasteiger partial charge in [0.05, 0.1) is 0 Å². The van der Waals surface area contributed by atoms with Crippen LogP contribution in [-0.4, -0.2) is 53.7 Å². The Kier molecular flexibility index (Phi) is 6.67. The number of hydrogen-bond donors (Lipinski definition) is 2. The molecule has 0 saturated heterocycles. The Hall–Kier alpha value is -3.35.